The lowest BCUT2D eigenvalue weighted by Crippen LogP contribution is -2.28. The summed E-state index contributed by atoms with van der Waals surface area (Å²) in [5.41, 5.74) is 2.66. The molecule has 1 nitrogen and oxygen atoms in total. The minimum Gasteiger partial charge on any atom is -0.303 e. The molecule has 2 aromatic carbocycles. The van der Waals surface area contributed by atoms with E-state index in [1.165, 1.54) is 11.1 Å². The second-order valence-corrected chi connectivity index (χ2v) is 6.49. The summed E-state index contributed by atoms with van der Waals surface area (Å²) in [4.78, 5) is 0. The zero-order valence-corrected chi connectivity index (χ0v) is 13.9. The summed E-state index contributed by atoms with van der Waals surface area (Å²) < 4.78 is 1.13. The van der Waals surface area contributed by atoms with Crippen molar-refractivity contribution in [3.05, 3.63) is 70.2 Å². The first-order valence-electron chi connectivity index (χ1n) is 7.14. The average Bonchev–Trinajstić information content (AvgIpc) is 2.45. The minimum absolute atomic E-state index is 0.320. The van der Waals surface area contributed by atoms with Gasteiger partial charge in [-0.25, -0.2) is 0 Å². The van der Waals surface area contributed by atoms with Gasteiger partial charge in [0.1, 0.15) is 0 Å². The van der Waals surface area contributed by atoms with Crippen molar-refractivity contribution >= 4 is 15.9 Å². The fraction of sp³-hybridized carbons (Fsp3) is 0.333. The number of benzene rings is 2. The van der Waals surface area contributed by atoms with Crippen molar-refractivity contribution in [1.82, 2.24) is 5.32 Å². The highest BCUT2D eigenvalue weighted by atomic mass is 79.9. The number of hydrogen-bond donors (Lipinski definition) is 1. The van der Waals surface area contributed by atoms with Crippen molar-refractivity contribution in [1.29, 1.82) is 0 Å². The van der Waals surface area contributed by atoms with E-state index in [4.69, 9.17) is 0 Å². The van der Waals surface area contributed by atoms with Crippen molar-refractivity contribution < 1.29 is 0 Å². The van der Waals surface area contributed by atoms with Crippen LogP contribution in [0.15, 0.2) is 59.1 Å². The maximum Gasteiger partial charge on any atom is 0.0348 e. The predicted octanol–water partition coefficient (Wildman–Crippen LogP) is 5.50. The molecule has 0 fully saturated rings. The van der Waals surface area contributed by atoms with Crippen LogP contribution in [0.2, 0.25) is 0 Å². The molecule has 2 unspecified atom stereocenters. The molecule has 0 aromatic heterocycles. The largest absolute Gasteiger partial charge is 0.303 e. The molecule has 0 spiro atoms. The molecule has 0 bridgehead atoms. The first-order chi connectivity index (χ1) is 9.58. The molecule has 0 aliphatic rings. The SMILES string of the molecule is CC(NC(c1ccccc1)C(C)C)c1cccc(Br)c1. The molecule has 0 saturated heterocycles. The molecule has 2 atom stereocenters. The topological polar surface area (TPSA) is 12.0 Å². The summed E-state index contributed by atoms with van der Waals surface area (Å²) in [5.74, 6) is 0.548. The number of halogens is 1. The highest BCUT2D eigenvalue weighted by Crippen LogP contribution is 2.26. The van der Waals surface area contributed by atoms with Gasteiger partial charge in [0.25, 0.3) is 0 Å². The fourth-order valence-corrected chi connectivity index (χ4v) is 2.89. The first-order valence-corrected chi connectivity index (χ1v) is 7.93. The Morgan fingerprint density at radius 2 is 1.50 bits per heavy atom. The lowest BCUT2D eigenvalue weighted by atomic mass is 9.94. The monoisotopic (exact) mass is 331 g/mol. The van der Waals surface area contributed by atoms with Gasteiger partial charge in [-0.05, 0) is 36.1 Å². The van der Waals surface area contributed by atoms with E-state index in [1.807, 2.05) is 0 Å². The molecule has 1 N–H and O–H groups in total. The van der Waals surface area contributed by atoms with Gasteiger partial charge in [-0.1, -0.05) is 72.2 Å². The Hall–Kier alpha value is -1.12. The van der Waals surface area contributed by atoms with Crippen LogP contribution in [0.1, 0.15) is 44.0 Å². The second-order valence-electron chi connectivity index (χ2n) is 5.58. The van der Waals surface area contributed by atoms with Crippen LogP contribution in [0, 0.1) is 5.92 Å². The molecule has 2 heteroatoms. The molecule has 0 amide bonds. The fourth-order valence-electron chi connectivity index (χ4n) is 2.48. The minimum atomic E-state index is 0.320. The van der Waals surface area contributed by atoms with Crippen molar-refractivity contribution in [2.24, 2.45) is 5.92 Å². The van der Waals surface area contributed by atoms with Gasteiger partial charge in [-0.2, -0.15) is 0 Å². The molecule has 0 radical (unpaired) electrons. The molecule has 0 heterocycles. The van der Waals surface area contributed by atoms with E-state index in [-0.39, 0.29) is 0 Å². The van der Waals surface area contributed by atoms with Crippen LogP contribution in [0.4, 0.5) is 0 Å². The lowest BCUT2D eigenvalue weighted by molar-refractivity contribution is 0.374. The highest BCUT2D eigenvalue weighted by molar-refractivity contribution is 9.10. The van der Waals surface area contributed by atoms with E-state index in [0.29, 0.717) is 18.0 Å². The Balaban J connectivity index is 2.17. The van der Waals surface area contributed by atoms with Gasteiger partial charge in [0.2, 0.25) is 0 Å². The Morgan fingerprint density at radius 1 is 0.850 bits per heavy atom. The van der Waals surface area contributed by atoms with Crippen LogP contribution in [0.3, 0.4) is 0 Å². The molecule has 106 valence electrons. The Bertz CT molecular complexity index is 536. The zero-order valence-electron chi connectivity index (χ0n) is 12.3. The average molecular weight is 332 g/mol. The lowest BCUT2D eigenvalue weighted by Gasteiger charge is -2.27. The van der Waals surface area contributed by atoms with Crippen LogP contribution >= 0.6 is 15.9 Å². The molecular formula is C18H22BrN. The Labute approximate surface area is 130 Å². The van der Waals surface area contributed by atoms with Crippen LogP contribution < -0.4 is 5.32 Å². The number of nitrogens with one attached hydrogen (secondary N) is 1. The highest BCUT2D eigenvalue weighted by Gasteiger charge is 2.18. The molecule has 0 aliphatic carbocycles. The maximum atomic E-state index is 3.76. The summed E-state index contributed by atoms with van der Waals surface area (Å²) in [5, 5.41) is 3.76. The molecule has 2 aromatic rings. The molecule has 20 heavy (non-hydrogen) atoms. The van der Waals surface area contributed by atoms with Crippen molar-refractivity contribution in [2.75, 3.05) is 0 Å². The van der Waals surface area contributed by atoms with Crippen molar-refractivity contribution in [3.8, 4) is 0 Å². The van der Waals surface area contributed by atoms with Crippen LogP contribution in [0.25, 0.3) is 0 Å². The van der Waals surface area contributed by atoms with Gasteiger partial charge >= 0.3 is 0 Å². The van der Waals surface area contributed by atoms with Crippen LogP contribution in [-0.2, 0) is 0 Å². The van der Waals surface area contributed by atoms with E-state index >= 15 is 0 Å². The van der Waals surface area contributed by atoms with Gasteiger partial charge in [-0.15, -0.1) is 0 Å². The van der Waals surface area contributed by atoms with E-state index < -0.39 is 0 Å². The van der Waals surface area contributed by atoms with Gasteiger partial charge < -0.3 is 5.32 Å². The van der Waals surface area contributed by atoms with Gasteiger partial charge in [-0.3, -0.25) is 0 Å². The van der Waals surface area contributed by atoms with Crippen LogP contribution in [-0.4, -0.2) is 0 Å². The van der Waals surface area contributed by atoms with E-state index in [1.54, 1.807) is 0 Å². The first kappa shape index (κ1) is 15.3. The third-order valence-corrected chi connectivity index (χ3v) is 4.10. The smallest absolute Gasteiger partial charge is 0.0348 e. The summed E-state index contributed by atoms with van der Waals surface area (Å²) in [7, 11) is 0. The second kappa shape index (κ2) is 7.05. The molecular weight excluding hydrogens is 310 g/mol. The third kappa shape index (κ3) is 3.94. The van der Waals surface area contributed by atoms with E-state index in [2.05, 4.69) is 96.6 Å². The third-order valence-electron chi connectivity index (χ3n) is 3.60. The molecule has 2 rings (SSSR count). The van der Waals surface area contributed by atoms with Gasteiger partial charge in [0.15, 0.2) is 0 Å². The summed E-state index contributed by atoms with van der Waals surface area (Å²) in [6.07, 6.45) is 0. The zero-order chi connectivity index (χ0) is 14.5. The Morgan fingerprint density at radius 3 is 2.10 bits per heavy atom. The standard InChI is InChI=1S/C18H22BrN/c1-13(2)18(15-8-5-4-6-9-15)20-14(3)16-10-7-11-17(19)12-16/h4-14,18,20H,1-3H3. The molecule has 0 saturated carbocycles. The normalized spacial score (nSPS) is 14.2. The number of hydrogen-bond acceptors (Lipinski definition) is 1. The molecule has 0 aliphatic heterocycles. The summed E-state index contributed by atoms with van der Waals surface area (Å²) in [6.45, 7) is 6.75. The quantitative estimate of drug-likeness (QED) is 0.763. The van der Waals surface area contributed by atoms with Gasteiger partial charge in [0.05, 0.1) is 0 Å². The van der Waals surface area contributed by atoms with Crippen LogP contribution in [0.5, 0.6) is 0 Å². The van der Waals surface area contributed by atoms with Gasteiger partial charge in [0, 0.05) is 16.6 Å². The number of rotatable bonds is 5. The van der Waals surface area contributed by atoms with Crippen molar-refractivity contribution in [2.45, 2.75) is 32.9 Å². The van der Waals surface area contributed by atoms with E-state index in [0.717, 1.165) is 4.47 Å². The van der Waals surface area contributed by atoms with E-state index in [9.17, 15) is 0 Å². The van der Waals surface area contributed by atoms with Crippen molar-refractivity contribution in [3.63, 3.8) is 0 Å². The Kier molecular flexibility index (Phi) is 5.38. The summed E-state index contributed by atoms with van der Waals surface area (Å²) >= 11 is 3.54. The predicted molar refractivity (Wildman–Crippen MR) is 89.7 cm³/mol. The summed E-state index contributed by atoms with van der Waals surface area (Å²) in [6, 6.07) is 19.9. The maximum absolute atomic E-state index is 3.76.